The van der Waals surface area contributed by atoms with Crippen molar-refractivity contribution < 1.29 is 13.9 Å². The predicted molar refractivity (Wildman–Crippen MR) is 79.4 cm³/mol. The van der Waals surface area contributed by atoms with Crippen LogP contribution in [-0.4, -0.2) is 23.0 Å². The maximum Gasteiger partial charge on any atom is 0.244 e. The van der Waals surface area contributed by atoms with Gasteiger partial charge in [-0.1, -0.05) is 12.1 Å². The summed E-state index contributed by atoms with van der Waals surface area (Å²) in [7, 11) is 1.55. The molecule has 1 heterocycles. The summed E-state index contributed by atoms with van der Waals surface area (Å²) in [4.78, 5) is 20.2. The zero-order valence-corrected chi connectivity index (χ0v) is 12.3. The molecule has 7 heteroatoms. The normalized spacial score (nSPS) is 12.0. The van der Waals surface area contributed by atoms with E-state index < -0.39 is 11.9 Å². The van der Waals surface area contributed by atoms with E-state index in [9.17, 15) is 9.18 Å². The van der Waals surface area contributed by atoms with Crippen molar-refractivity contribution >= 4 is 11.7 Å². The molecule has 1 atom stereocenters. The number of nitrogens with one attached hydrogen (secondary N) is 1. The number of nitrogens with two attached hydrogens (primary N) is 1. The lowest BCUT2D eigenvalue weighted by molar-refractivity contribution is -0.118. The van der Waals surface area contributed by atoms with Gasteiger partial charge in [-0.25, -0.2) is 14.4 Å². The summed E-state index contributed by atoms with van der Waals surface area (Å²) in [6, 6.07) is 6.43. The van der Waals surface area contributed by atoms with Gasteiger partial charge in [0.05, 0.1) is 0 Å². The number of aryl methyl sites for hydroxylation is 1. The third-order valence-electron chi connectivity index (χ3n) is 2.95. The molecule has 0 saturated carbocycles. The Hall–Kier alpha value is -2.54. The van der Waals surface area contributed by atoms with Gasteiger partial charge in [-0.15, -0.1) is 0 Å². The topological polar surface area (TPSA) is 90.1 Å². The fraction of sp³-hybridized carbons (Fsp3) is 0.267. The van der Waals surface area contributed by atoms with Crippen molar-refractivity contribution in [1.82, 2.24) is 9.97 Å². The number of carbonyl (C=O) groups is 1. The molecular formula is C15H17FN4O2. The number of aromatic nitrogens is 2. The summed E-state index contributed by atoms with van der Waals surface area (Å²) < 4.78 is 18.0. The summed E-state index contributed by atoms with van der Waals surface area (Å²) in [6.45, 7) is 2.07. The number of carbonyl (C=O) groups excluding carboxylic acids is 1. The second kappa shape index (κ2) is 6.95. The molecule has 1 amide bonds. The van der Waals surface area contributed by atoms with Crippen molar-refractivity contribution in [3.63, 3.8) is 0 Å². The SMILES string of the molecule is COCc1nc(C)cc(NC(C(N)=O)c2ccc(F)cc2)n1. The zero-order chi connectivity index (χ0) is 16.1. The number of primary amides is 1. The number of halogens is 1. The maximum atomic E-state index is 13.0. The van der Waals surface area contributed by atoms with Gasteiger partial charge >= 0.3 is 0 Å². The number of hydrogen-bond acceptors (Lipinski definition) is 5. The lowest BCUT2D eigenvalue weighted by Crippen LogP contribution is -2.28. The van der Waals surface area contributed by atoms with E-state index in [2.05, 4.69) is 15.3 Å². The van der Waals surface area contributed by atoms with Crippen LogP contribution in [0, 0.1) is 12.7 Å². The minimum atomic E-state index is -0.815. The third kappa shape index (κ3) is 3.98. The molecule has 1 aromatic carbocycles. The van der Waals surface area contributed by atoms with Gasteiger partial charge in [0.2, 0.25) is 5.91 Å². The molecule has 3 N–H and O–H groups in total. The van der Waals surface area contributed by atoms with Crippen LogP contribution in [0.2, 0.25) is 0 Å². The van der Waals surface area contributed by atoms with Crippen LogP contribution in [0.3, 0.4) is 0 Å². The maximum absolute atomic E-state index is 13.0. The Morgan fingerprint density at radius 1 is 1.36 bits per heavy atom. The van der Waals surface area contributed by atoms with Gasteiger partial charge < -0.3 is 15.8 Å². The molecule has 2 aromatic rings. The van der Waals surface area contributed by atoms with Crippen LogP contribution in [0.25, 0.3) is 0 Å². The van der Waals surface area contributed by atoms with Gasteiger partial charge in [0, 0.05) is 18.9 Å². The molecule has 0 spiro atoms. The van der Waals surface area contributed by atoms with Gasteiger partial charge in [0.1, 0.15) is 24.3 Å². The minimum Gasteiger partial charge on any atom is -0.377 e. The molecule has 0 aliphatic heterocycles. The van der Waals surface area contributed by atoms with E-state index in [1.807, 2.05) is 6.92 Å². The number of amides is 1. The van der Waals surface area contributed by atoms with E-state index >= 15 is 0 Å². The van der Waals surface area contributed by atoms with Crippen LogP contribution >= 0.6 is 0 Å². The first-order chi connectivity index (χ1) is 10.5. The van der Waals surface area contributed by atoms with Gasteiger partial charge in [-0.3, -0.25) is 4.79 Å². The molecule has 0 aliphatic rings. The Morgan fingerprint density at radius 3 is 2.64 bits per heavy atom. The molecule has 22 heavy (non-hydrogen) atoms. The fourth-order valence-corrected chi connectivity index (χ4v) is 2.02. The third-order valence-corrected chi connectivity index (χ3v) is 2.95. The Balaban J connectivity index is 2.28. The largest absolute Gasteiger partial charge is 0.377 e. The number of ether oxygens (including phenoxy) is 1. The van der Waals surface area contributed by atoms with Crippen molar-refractivity contribution in [3.8, 4) is 0 Å². The van der Waals surface area contributed by atoms with Crippen LogP contribution < -0.4 is 11.1 Å². The first-order valence-corrected chi connectivity index (χ1v) is 6.64. The number of hydrogen-bond donors (Lipinski definition) is 2. The van der Waals surface area contributed by atoms with Crippen LogP contribution in [-0.2, 0) is 16.1 Å². The molecular weight excluding hydrogens is 287 g/mol. The molecule has 0 aliphatic carbocycles. The molecule has 0 saturated heterocycles. The molecule has 6 nitrogen and oxygen atoms in total. The van der Waals surface area contributed by atoms with Gasteiger partial charge in [0.15, 0.2) is 5.82 Å². The summed E-state index contributed by atoms with van der Waals surface area (Å²) in [5, 5.41) is 2.95. The summed E-state index contributed by atoms with van der Waals surface area (Å²) in [5.41, 5.74) is 6.71. The average molecular weight is 304 g/mol. The fourth-order valence-electron chi connectivity index (χ4n) is 2.02. The first-order valence-electron chi connectivity index (χ1n) is 6.64. The minimum absolute atomic E-state index is 0.258. The number of rotatable bonds is 6. The molecule has 1 aromatic heterocycles. The van der Waals surface area contributed by atoms with Crippen molar-refractivity contribution in [2.45, 2.75) is 19.6 Å². The Kier molecular flexibility index (Phi) is 5.00. The second-order valence-electron chi connectivity index (χ2n) is 4.78. The summed E-state index contributed by atoms with van der Waals surface area (Å²) >= 11 is 0. The number of nitrogens with zero attached hydrogens (tertiary/aromatic N) is 2. The van der Waals surface area contributed by atoms with Crippen LogP contribution in [0.15, 0.2) is 30.3 Å². The molecule has 116 valence electrons. The van der Waals surface area contributed by atoms with Gasteiger partial charge in [-0.05, 0) is 24.6 Å². The van der Waals surface area contributed by atoms with E-state index in [1.54, 1.807) is 13.2 Å². The van der Waals surface area contributed by atoms with Crippen molar-refractivity contribution in [3.05, 3.63) is 53.2 Å². The van der Waals surface area contributed by atoms with E-state index in [0.29, 0.717) is 17.2 Å². The summed E-state index contributed by atoms with van der Waals surface area (Å²) in [6.07, 6.45) is 0. The molecule has 0 radical (unpaired) electrons. The highest BCUT2D eigenvalue weighted by atomic mass is 19.1. The van der Waals surface area contributed by atoms with Crippen LogP contribution in [0.4, 0.5) is 10.2 Å². The molecule has 1 unspecified atom stereocenters. The lowest BCUT2D eigenvalue weighted by Gasteiger charge is -2.17. The smallest absolute Gasteiger partial charge is 0.244 e. The summed E-state index contributed by atoms with van der Waals surface area (Å²) in [5.74, 6) is -0.0246. The molecule has 0 bridgehead atoms. The average Bonchev–Trinajstić information content (AvgIpc) is 2.45. The highest BCUT2D eigenvalue weighted by Crippen LogP contribution is 2.19. The first kappa shape index (κ1) is 15.8. The highest BCUT2D eigenvalue weighted by Gasteiger charge is 2.18. The number of anilines is 1. The van der Waals surface area contributed by atoms with E-state index in [-0.39, 0.29) is 12.4 Å². The number of benzene rings is 1. The van der Waals surface area contributed by atoms with Crippen molar-refractivity contribution in [1.29, 1.82) is 0 Å². The van der Waals surface area contributed by atoms with Crippen LogP contribution in [0.5, 0.6) is 0 Å². The predicted octanol–water partition coefficient (Wildman–Crippen LogP) is 1.71. The lowest BCUT2D eigenvalue weighted by atomic mass is 10.1. The monoisotopic (exact) mass is 304 g/mol. The van der Waals surface area contributed by atoms with Crippen molar-refractivity contribution in [2.24, 2.45) is 5.73 Å². The Bertz CT molecular complexity index is 661. The standard InChI is InChI=1S/C15H17FN4O2/c1-9-7-12(19-13(18-9)8-22-2)20-14(15(17)21)10-3-5-11(16)6-4-10/h3-7,14H,8H2,1-2H3,(H2,17,21)(H,18,19,20). The Labute approximate surface area is 127 Å². The second-order valence-corrected chi connectivity index (χ2v) is 4.78. The Morgan fingerprint density at radius 2 is 2.05 bits per heavy atom. The quantitative estimate of drug-likeness (QED) is 0.848. The number of methoxy groups -OCH3 is 1. The van der Waals surface area contributed by atoms with E-state index in [4.69, 9.17) is 10.5 Å². The van der Waals surface area contributed by atoms with Crippen molar-refractivity contribution in [2.75, 3.05) is 12.4 Å². The van der Waals surface area contributed by atoms with Gasteiger partial charge in [-0.2, -0.15) is 0 Å². The van der Waals surface area contributed by atoms with Crippen LogP contribution in [0.1, 0.15) is 23.1 Å². The molecule has 0 fully saturated rings. The van der Waals surface area contributed by atoms with E-state index in [1.165, 1.54) is 24.3 Å². The molecule has 2 rings (SSSR count). The zero-order valence-electron chi connectivity index (χ0n) is 12.3. The van der Waals surface area contributed by atoms with Gasteiger partial charge in [0.25, 0.3) is 0 Å². The van der Waals surface area contributed by atoms with E-state index in [0.717, 1.165) is 5.69 Å². The highest BCUT2D eigenvalue weighted by molar-refractivity contribution is 5.84.